The fraction of sp³-hybridized carbons (Fsp3) is 0.143. The predicted octanol–water partition coefficient (Wildman–Crippen LogP) is 6.97. The van der Waals surface area contributed by atoms with Gasteiger partial charge in [0.25, 0.3) is 0 Å². The summed E-state index contributed by atoms with van der Waals surface area (Å²) in [6.45, 7) is 0. The lowest BCUT2D eigenvalue weighted by atomic mass is 10.3. The van der Waals surface area contributed by atoms with Crippen molar-refractivity contribution in [2.45, 2.75) is 31.1 Å². The number of nitrogens with zero attached hydrogens (tertiary/aromatic N) is 4. The fourth-order valence-electron chi connectivity index (χ4n) is 1.76. The quantitative estimate of drug-likeness (QED) is 0.354. The van der Waals surface area contributed by atoms with Gasteiger partial charge < -0.3 is 0 Å². The van der Waals surface area contributed by atoms with Gasteiger partial charge in [0.2, 0.25) is 0 Å². The Balaban J connectivity index is 1.73. The second-order valence-electron chi connectivity index (χ2n) is 5.06. The van der Waals surface area contributed by atoms with Crippen LogP contribution < -0.4 is 0 Å². The van der Waals surface area contributed by atoms with Crippen LogP contribution in [0.2, 0.25) is 10.0 Å². The summed E-state index contributed by atoms with van der Waals surface area (Å²) < 4.78 is 76.5. The highest BCUT2D eigenvalue weighted by molar-refractivity contribution is 8.03. The van der Waals surface area contributed by atoms with Gasteiger partial charge in [0, 0.05) is 12.4 Å². The lowest BCUT2D eigenvalue weighted by molar-refractivity contribution is -0.138. The van der Waals surface area contributed by atoms with Crippen molar-refractivity contribution in [3.05, 3.63) is 45.7 Å². The van der Waals surface area contributed by atoms with E-state index in [0.717, 1.165) is 47.0 Å². The summed E-state index contributed by atoms with van der Waals surface area (Å²) in [5, 5.41) is 7.47. The van der Waals surface area contributed by atoms with Crippen molar-refractivity contribution in [3.63, 3.8) is 0 Å². The van der Waals surface area contributed by atoms with Gasteiger partial charge in [-0.2, -0.15) is 26.3 Å². The van der Waals surface area contributed by atoms with Gasteiger partial charge in [-0.1, -0.05) is 34.5 Å². The minimum atomic E-state index is -4.57. The Morgan fingerprint density at radius 2 is 1.10 bits per heavy atom. The second kappa shape index (κ2) is 8.46. The molecule has 0 aromatic carbocycles. The van der Waals surface area contributed by atoms with Crippen LogP contribution in [0.25, 0.3) is 0 Å². The van der Waals surface area contributed by atoms with E-state index in [9.17, 15) is 26.3 Å². The van der Waals surface area contributed by atoms with Gasteiger partial charge in [-0.15, -0.1) is 10.2 Å². The monoisotopic (exact) mass is 508 g/mol. The minimum Gasteiger partial charge on any atom is -0.247 e. The topological polar surface area (TPSA) is 51.6 Å². The molecule has 0 fully saturated rings. The van der Waals surface area contributed by atoms with Crippen LogP contribution in [0.5, 0.6) is 0 Å². The number of aromatic nitrogens is 4. The molecule has 15 heteroatoms. The zero-order chi connectivity index (χ0) is 21.4. The summed E-state index contributed by atoms with van der Waals surface area (Å²) in [6.07, 6.45) is -7.84. The maximum Gasteiger partial charge on any atom is 0.417 e. The van der Waals surface area contributed by atoms with Gasteiger partial charge in [-0.25, -0.2) is 9.97 Å². The zero-order valence-corrected chi connectivity index (χ0v) is 17.3. The summed E-state index contributed by atoms with van der Waals surface area (Å²) in [7, 11) is 0. The lowest BCUT2D eigenvalue weighted by Crippen LogP contribution is -2.05. The van der Waals surface area contributed by atoms with Crippen molar-refractivity contribution < 1.29 is 26.3 Å². The van der Waals surface area contributed by atoms with Crippen LogP contribution in [0.1, 0.15) is 11.1 Å². The van der Waals surface area contributed by atoms with Gasteiger partial charge in [0.15, 0.2) is 8.68 Å². The number of pyridine rings is 2. The molecule has 3 heterocycles. The molecule has 0 spiro atoms. The molecule has 0 bridgehead atoms. The largest absolute Gasteiger partial charge is 0.417 e. The van der Waals surface area contributed by atoms with E-state index in [2.05, 4.69) is 20.2 Å². The third kappa shape index (κ3) is 5.66. The Hall–Kier alpha value is -1.28. The smallest absolute Gasteiger partial charge is 0.247 e. The van der Waals surface area contributed by atoms with Crippen LogP contribution in [0.3, 0.4) is 0 Å². The van der Waals surface area contributed by atoms with E-state index < -0.39 is 23.5 Å². The van der Waals surface area contributed by atoms with E-state index in [0.29, 0.717) is 21.1 Å². The van der Waals surface area contributed by atoms with E-state index in [4.69, 9.17) is 23.2 Å². The van der Waals surface area contributed by atoms with Gasteiger partial charge in [0.1, 0.15) is 10.1 Å². The summed E-state index contributed by atoms with van der Waals surface area (Å²) >= 11 is 14.5. The minimum absolute atomic E-state index is 0.0954. The summed E-state index contributed by atoms with van der Waals surface area (Å²) in [5.41, 5.74) is -1.97. The Labute approximate surface area is 181 Å². The molecular formula is C14H4Cl2F6N4S3. The van der Waals surface area contributed by atoms with E-state index in [-0.39, 0.29) is 20.1 Å². The maximum atomic E-state index is 12.7. The first kappa shape index (κ1) is 22.4. The summed E-state index contributed by atoms with van der Waals surface area (Å²) in [6, 6.07) is 1.50. The van der Waals surface area contributed by atoms with Crippen molar-refractivity contribution >= 4 is 58.1 Å². The second-order valence-corrected chi connectivity index (χ2v) is 9.32. The number of alkyl halides is 6. The van der Waals surface area contributed by atoms with Gasteiger partial charge in [-0.05, 0) is 35.7 Å². The van der Waals surface area contributed by atoms with Gasteiger partial charge in [0.05, 0.1) is 21.2 Å². The lowest BCUT2D eigenvalue weighted by Gasteiger charge is -2.07. The summed E-state index contributed by atoms with van der Waals surface area (Å²) in [5.74, 6) is 0. The molecule has 0 N–H and O–H groups in total. The molecule has 3 aromatic heterocycles. The maximum absolute atomic E-state index is 12.7. The van der Waals surface area contributed by atoms with Crippen LogP contribution in [0.15, 0.2) is 43.3 Å². The molecule has 3 rings (SSSR count). The first-order valence-electron chi connectivity index (χ1n) is 7.08. The van der Waals surface area contributed by atoms with Crippen molar-refractivity contribution in [3.8, 4) is 0 Å². The molecule has 0 unspecified atom stereocenters. The Morgan fingerprint density at radius 1 is 0.724 bits per heavy atom. The number of hydrogen-bond donors (Lipinski definition) is 0. The molecule has 0 saturated heterocycles. The van der Waals surface area contributed by atoms with E-state index >= 15 is 0 Å². The first-order valence-corrected chi connectivity index (χ1v) is 10.3. The average molecular weight is 509 g/mol. The highest BCUT2D eigenvalue weighted by Crippen LogP contribution is 2.41. The standard InChI is InChI=1S/C14H4Cl2F6N4S3/c15-7-1-5(13(17,18)19)3-23-9(7)27-11-25-26-12(29-11)28-10-8(16)2-6(4-24-10)14(20,21)22/h1-4H. The molecule has 0 radical (unpaired) electrons. The highest BCUT2D eigenvalue weighted by Gasteiger charge is 2.32. The molecule has 3 aromatic rings. The average Bonchev–Trinajstić information content (AvgIpc) is 3.04. The van der Waals surface area contributed by atoms with Gasteiger partial charge in [-0.3, -0.25) is 0 Å². The third-order valence-electron chi connectivity index (χ3n) is 3.03. The molecular weight excluding hydrogens is 505 g/mol. The molecule has 0 aliphatic heterocycles. The van der Waals surface area contributed by atoms with Crippen molar-refractivity contribution in [1.82, 2.24) is 20.2 Å². The molecule has 0 amide bonds. The number of rotatable bonds is 4. The Bertz CT molecular complexity index is 961. The number of halogens is 8. The SMILES string of the molecule is FC(F)(F)c1cnc(Sc2nnc(Sc3ncc(C(F)(F)F)cc3Cl)s2)c(Cl)c1. The Morgan fingerprint density at radius 3 is 1.41 bits per heavy atom. The summed E-state index contributed by atoms with van der Waals surface area (Å²) in [4.78, 5) is 7.37. The van der Waals surface area contributed by atoms with Gasteiger partial charge >= 0.3 is 12.4 Å². The van der Waals surface area contributed by atoms with Crippen molar-refractivity contribution in [2.24, 2.45) is 0 Å². The van der Waals surface area contributed by atoms with Crippen molar-refractivity contribution in [1.29, 1.82) is 0 Å². The normalized spacial score (nSPS) is 12.4. The van der Waals surface area contributed by atoms with Crippen molar-refractivity contribution in [2.75, 3.05) is 0 Å². The fourth-order valence-corrected chi connectivity index (χ4v) is 5.09. The van der Waals surface area contributed by atoms with Crippen LogP contribution in [-0.4, -0.2) is 20.2 Å². The molecule has 0 aliphatic rings. The molecule has 29 heavy (non-hydrogen) atoms. The van der Waals surface area contributed by atoms with Crippen LogP contribution >= 0.6 is 58.1 Å². The van der Waals surface area contributed by atoms with Crippen LogP contribution in [0.4, 0.5) is 26.3 Å². The highest BCUT2D eigenvalue weighted by atomic mass is 35.5. The molecule has 154 valence electrons. The predicted molar refractivity (Wildman–Crippen MR) is 96.7 cm³/mol. The van der Waals surface area contributed by atoms with Crippen LogP contribution in [-0.2, 0) is 12.4 Å². The van der Waals surface area contributed by atoms with E-state index in [1.807, 2.05) is 0 Å². The molecule has 0 aliphatic carbocycles. The van der Waals surface area contributed by atoms with Crippen LogP contribution in [0, 0.1) is 0 Å². The molecule has 0 saturated carbocycles. The third-order valence-corrected chi connectivity index (χ3v) is 6.89. The number of hydrogen-bond acceptors (Lipinski definition) is 7. The van der Waals surface area contributed by atoms with E-state index in [1.54, 1.807) is 0 Å². The molecule has 4 nitrogen and oxygen atoms in total. The zero-order valence-electron chi connectivity index (χ0n) is 13.3. The molecule has 0 atom stereocenters. The van der Waals surface area contributed by atoms with E-state index in [1.165, 1.54) is 0 Å². The Kier molecular flexibility index (Phi) is 6.53. The first-order chi connectivity index (χ1) is 13.4.